The molecule has 116 valence electrons. The predicted molar refractivity (Wildman–Crippen MR) is 86.6 cm³/mol. The third kappa shape index (κ3) is 5.07. The van der Waals surface area contributed by atoms with E-state index in [1.54, 1.807) is 25.3 Å². The topological polar surface area (TPSA) is 38.3 Å². The Morgan fingerprint density at radius 1 is 1.23 bits per heavy atom. The van der Waals surface area contributed by atoms with Crippen molar-refractivity contribution in [2.24, 2.45) is 0 Å². The van der Waals surface area contributed by atoms with Crippen LogP contribution in [0.4, 0.5) is 4.39 Å². The molecule has 0 saturated heterocycles. The van der Waals surface area contributed by atoms with Crippen molar-refractivity contribution in [2.45, 2.75) is 17.9 Å². The van der Waals surface area contributed by atoms with Crippen molar-refractivity contribution in [3.8, 4) is 5.75 Å². The number of nitrogens with one attached hydrogen (secondary N) is 1. The predicted octanol–water partition coefficient (Wildman–Crippen LogP) is 3.63. The van der Waals surface area contributed by atoms with Crippen LogP contribution in [0, 0.1) is 5.82 Å². The Kier molecular flexibility index (Phi) is 6.27. The largest absolute Gasteiger partial charge is 0.497 e. The molecule has 5 heteroatoms. The zero-order chi connectivity index (χ0) is 15.8. The molecule has 3 nitrogen and oxygen atoms in total. The van der Waals surface area contributed by atoms with E-state index in [1.807, 2.05) is 24.3 Å². The molecule has 0 heterocycles. The summed E-state index contributed by atoms with van der Waals surface area (Å²) in [6.07, 6.45) is 0.350. The molecular formula is C17H18FNO2S. The van der Waals surface area contributed by atoms with Gasteiger partial charge in [-0.3, -0.25) is 4.79 Å². The van der Waals surface area contributed by atoms with Crippen molar-refractivity contribution in [2.75, 3.05) is 12.9 Å². The fourth-order valence-electron chi connectivity index (χ4n) is 1.89. The van der Waals surface area contributed by atoms with E-state index in [2.05, 4.69) is 5.32 Å². The summed E-state index contributed by atoms with van der Waals surface area (Å²) >= 11 is 1.35. The van der Waals surface area contributed by atoms with Crippen molar-refractivity contribution in [3.05, 3.63) is 59.9 Å². The highest BCUT2D eigenvalue weighted by molar-refractivity contribution is 7.99. The van der Waals surface area contributed by atoms with Crippen molar-refractivity contribution in [3.63, 3.8) is 0 Å². The monoisotopic (exact) mass is 319 g/mol. The van der Waals surface area contributed by atoms with Gasteiger partial charge in [0, 0.05) is 23.6 Å². The Bertz CT molecular complexity index is 634. The van der Waals surface area contributed by atoms with Crippen LogP contribution in [0.15, 0.2) is 53.4 Å². The summed E-state index contributed by atoms with van der Waals surface area (Å²) in [5.41, 5.74) is 0.981. The number of ether oxygens (including phenoxy) is 1. The molecule has 2 aromatic rings. The van der Waals surface area contributed by atoms with Gasteiger partial charge in [-0.05, 0) is 29.8 Å². The third-order valence-electron chi connectivity index (χ3n) is 3.05. The number of rotatable bonds is 7. The molecule has 1 N–H and O–H groups in total. The minimum atomic E-state index is -0.246. The van der Waals surface area contributed by atoms with E-state index in [9.17, 15) is 9.18 Å². The second kappa shape index (κ2) is 8.44. The van der Waals surface area contributed by atoms with Crippen molar-refractivity contribution >= 4 is 17.7 Å². The molecule has 0 aliphatic rings. The van der Waals surface area contributed by atoms with E-state index < -0.39 is 0 Å². The van der Waals surface area contributed by atoms with Crippen molar-refractivity contribution < 1.29 is 13.9 Å². The summed E-state index contributed by atoms with van der Waals surface area (Å²) < 4.78 is 18.6. The molecule has 0 atom stereocenters. The van der Waals surface area contributed by atoms with Gasteiger partial charge in [0.05, 0.1) is 7.11 Å². The molecule has 0 radical (unpaired) electrons. The quantitative estimate of drug-likeness (QED) is 0.792. The highest BCUT2D eigenvalue weighted by Gasteiger charge is 2.05. The normalized spacial score (nSPS) is 10.3. The molecule has 0 aromatic heterocycles. The van der Waals surface area contributed by atoms with E-state index in [-0.39, 0.29) is 11.7 Å². The molecule has 0 bridgehead atoms. The summed E-state index contributed by atoms with van der Waals surface area (Å²) in [4.78, 5) is 12.4. The van der Waals surface area contributed by atoms with Gasteiger partial charge < -0.3 is 10.1 Å². The number of amides is 1. The fourth-order valence-corrected chi connectivity index (χ4v) is 2.78. The number of carbonyl (C=O) groups excluding carboxylic acids is 1. The highest BCUT2D eigenvalue weighted by Crippen LogP contribution is 2.21. The van der Waals surface area contributed by atoms with Gasteiger partial charge in [-0.1, -0.05) is 24.3 Å². The van der Waals surface area contributed by atoms with Gasteiger partial charge in [-0.15, -0.1) is 11.8 Å². The molecule has 1 amide bonds. The second-order valence-electron chi connectivity index (χ2n) is 4.66. The molecule has 0 spiro atoms. The van der Waals surface area contributed by atoms with Crippen LogP contribution in [-0.4, -0.2) is 18.8 Å². The summed E-state index contributed by atoms with van der Waals surface area (Å²) in [6.45, 7) is 0.459. The van der Waals surface area contributed by atoms with E-state index in [0.717, 1.165) is 11.3 Å². The minimum Gasteiger partial charge on any atom is -0.497 e. The lowest BCUT2D eigenvalue weighted by atomic mass is 10.2. The molecule has 2 rings (SSSR count). The van der Waals surface area contributed by atoms with Crippen LogP contribution in [0.5, 0.6) is 5.75 Å². The van der Waals surface area contributed by atoms with Crippen LogP contribution in [0.25, 0.3) is 0 Å². The summed E-state index contributed by atoms with van der Waals surface area (Å²) in [5, 5.41) is 2.85. The van der Waals surface area contributed by atoms with Gasteiger partial charge in [0.2, 0.25) is 5.91 Å². The number of hydrogen-bond donors (Lipinski definition) is 1. The lowest BCUT2D eigenvalue weighted by Gasteiger charge is -2.07. The number of methoxy groups -OCH3 is 1. The van der Waals surface area contributed by atoms with E-state index >= 15 is 0 Å². The van der Waals surface area contributed by atoms with Gasteiger partial charge in [0.1, 0.15) is 11.6 Å². The van der Waals surface area contributed by atoms with Crippen LogP contribution in [0.3, 0.4) is 0 Å². The van der Waals surface area contributed by atoms with Gasteiger partial charge in [0.15, 0.2) is 0 Å². The number of thioether (sulfide) groups is 1. The summed E-state index contributed by atoms with van der Waals surface area (Å²) in [7, 11) is 1.61. The Morgan fingerprint density at radius 2 is 2.05 bits per heavy atom. The molecular weight excluding hydrogens is 301 g/mol. The van der Waals surface area contributed by atoms with Crippen molar-refractivity contribution in [1.29, 1.82) is 0 Å². The fraction of sp³-hybridized carbons (Fsp3) is 0.235. The van der Waals surface area contributed by atoms with Crippen LogP contribution in [0.2, 0.25) is 0 Å². The lowest BCUT2D eigenvalue weighted by molar-refractivity contribution is -0.120. The van der Waals surface area contributed by atoms with Gasteiger partial charge >= 0.3 is 0 Å². The zero-order valence-electron chi connectivity index (χ0n) is 12.3. The van der Waals surface area contributed by atoms with Gasteiger partial charge in [-0.25, -0.2) is 4.39 Å². The van der Waals surface area contributed by atoms with E-state index in [0.29, 0.717) is 23.6 Å². The molecule has 2 aromatic carbocycles. The smallest absolute Gasteiger partial charge is 0.221 e. The number of benzene rings is 2. The van der Waals surface area contributed by atoms with Gasteiger partial charge in [-0.2, -0.15) is 0 Å². The maximum absolute atomic E-state index is 13.4. The van der Waals surface area contributed by atoms with Crippen LogP contribution in [0.1, 0.15) is 12.0 Å². The van der Waals surface area contributed by atoms with Crippen LogP contribution in [-0.2, 0) is 11.3 Å². The molecule has 0 saturated carbocycles. The van der Waals surface area contributed by atoms with Crippen molar-refractivity contribution in [1.82, 2.24) is 5.32 Å². The molecule has 0 aliphatic heterocycles. The summed E-state index contributed by atoms with van der Waals surface area (Å²) in [6, 6.07) is 14.1. The average molecular weight is 319 g/mol. The first-order chi connectivity index (χ1) is 10.7. The first-order valence-electron chi connectivity index (χ1n) is 6.96. The lowest BCUT2D eigenvalue weighted by Crippen LogP contribution is -2.23. The molecule has 22 heavy (non-hydrogen) atoms. The maximum Gasteiger partial charge on any atom is 0.221 e. The number of hydrogen-bond acceptors (Lipinski definition) is 3. The first-order valence-corrected chi connectivity index (χ1v) is 7.94. The first kappa shape index (κ1) is 16.4. The molecule has 0 fully saturated rings. The Labute approximate surface area is 133 Å². The Balaban J connectivity index is 1.73. The zero-order valence-corrected chi connectivity index (χ0v) is 13.2. The highest BCUT2D eigenvalue weighted by atomic mass is 32.2. The molecule has 0 unspecified atom stereocenters. The molecule has 0 aliphatic carbocycles. The Hall–Kier alpha value is -2.01. The van der Waals surface area contributed by atoms with Crippen LogP contribution >= 0.6 is 11.8 Å². The SMILES string of the molecule is COc1cccc(CNC(=O)CCSc2ccccc2F)c1. The Morgan fingerprint density at radius 3 is 2.82 bits per heavy atom. The summed E-state index contributed by atoms with van der Waals surface area (Å²) in [5.74, 6) is 1.02. The van der Waals surface area contributed by atoms with Gasteiger partial charge in [0.25, 0.3) is 0 Å². The maximum atomic E-state index is 13.4. The van der Waals surface area contributed by atoms with Crippen LogP contribution < -0.4 is 10.1 Å². The average Bonchev–Trinajstić information content (AvgIpc) is 2.55. The standard InChI is InChI=1S/C17H18FNO2S/c1-21-14-6-4-5-13(11-14)12-19-17(20)9-10-22-16-8-3-2-7-15(16)18/h2-8,11H,9-10,12H2,1H3,(H,19,20). The van der Waals surface area contributed by atoms with E-state index in [4.69, 9.17) is 4.74 Å². The number of halogens is 1. The third-order valence-corrected chi connectivity index (χ3v) is 4.10. The van der Waals surface area contributed by atoms with E-state index in [1.165, 1.54) is 17.8 Å². The minimum absolute atomic E-state index is 0.0494. The second-order valence-corrected chi connectivity index (χ2v) is 5.79. The number of carbonyl (C=O) groups is 1.